The van der Waals surface area contributed by atoms with E-state index in [4.69, 9.17) is 5.11 Å². The Kier molecular flexibility index (Phi) is 5.47. The molecule has 0 unspecified atom stereocenters. The second-order valence-corrected chi connectivity index (χ2v) is 4.97. The zero-order valence-electron chi connectivity index (χ0n) is 12.8. The van der Waals surface area contributed by atoms with E-state index in [2.05, 4.69) is 10.1 Å². The van der Waals surface area contributed by atoms with Gasteiger partial charge in [-0.25, -0.2) is 13.6 Å². The predicted octanol–water partition coefficient (Wildman–Crippen LogP) is 0.131. The molecule has 0 saturated carbocycles. The van der Waals surface area contributed by atoms with E-state index in [0.29, 0.717) is 0 Å². The molecule has 1 aliphatic heterocycles. The van der Waals surface area contributed by atoms with Gasteiger partial charge in [0.05, 0.1) is 38.1 Å². The van der Waals surface area contributed by atoms with Crippen molar-refractivity contribution in [2.75, 3.05) is 32.1 Å². The number of hydrogen-bond donors (Lipinski definition) is 3. The van der Waals surface area contributed by atoms with Crippen LogP contribution in [0.25, 0.3) is 0 Å². The first-order valence-electron chi connectivity index (χ1n) is 7.00. The number of ether oxygens (including phenoxy) is 1. The average molecular weight is 342 g/mol. The number of hydrogen-bond acceptors (Lipinski definition) is 6. The van der Waals surface area contributed by atoms with Crippen molar-refractivity contribution < 1.29 is 33.3 Å². The predicted molar refractivity (Wildman–Crippen MR) is 78.6 cm³/mol. The van der Waals surface area contributed by atoms with Gasteiger partial charge < -0.3 is 25.2 Å². The standard InChI is InChI=1S/C15H16F2N2O5/c1-24-15(23)9-6-19(4-5-20)14(22)13(9)18-12-8(7-21)2-3-10(16)11(12)17/h2-3,18,20-21H,4-7H2,1H3. The van der Waals surface area contributed by atoms with E-state index in [1.54, 1.807) is 0 Å². The minimum Gasteiger partial charge on any atom is -0.466 e. The summed E-state index contributed by atoms with van der Waals surface area (Å²) in [5.41, 5.74) is -0.787. The molecule has 1 amide bonds. The molecule has 0 radical (unpaired) electrons. The molecule has 0 atom stereocenters. The minimum absolute atomic E-state index is 0.0130. The molecule has 1 heterocycles. The molecule has 0 aliphatic carbocycles. The van der Waals surface area contributed by atoms with Crippen LogP contribution in [-0.2, 0) is 20.9 Å². The Morgan fingerprint density at radius 3 is 2.67 bits per heavy atom. The molecule has 0 saturated heterocycles. The first-order chi connectivity index (χ1) is 11.4. The van der Waals surface area contributed by atoms with Crippen LogP contribution >= 0.6 is 0 Å². The lowest BCUT2D eigenvalue weighted by molar-refractivity contribution is -0.136. The summed E-state index contributed by atoms with van der Waals surface area (Å²) >= 11 is 0. The number of amides is 1. The number of nitrogens with one attached hydrogen (secondary N) is 1. The number of aliphatic hydroxyl groups is 2. The number of rotatable bonds is 6. The van der Waals surface area contributed by atoms with Gasteiger partial charge in [0, 0.05) is 12.1 Å². The third-order valence-corrected chi connectivity index (χ3v) is 3.56. The van der Waals surface area contributed by atoms with Gasteiger partial charge in [0.2, 0.25) is 0 Å². The van der Waals surface area contributed by atoms with Gasteiger partial charge in [-0.05, 0) is 6.07 Å². The molecule has 0 fully saturated rings. The lowest BCUT2D eigenvalue weighted by atomic mass is 10.1. The number of aliphatic hydroxyl groups excluding tert-OH is 2. The van der Waals surface area contributed by atoms with Crippen LogP contribution in [0.5, 0.6) is 0 Å². The lowest BCUT2D eigenvalue weighted by Gasteiger charge is -2.16. The zero-order chi connectivity index (χ0) is 17.9. The van der Waals surface area contributed by atoms with Gasteiger partial charge in [0.1, 0.15) is 5.70 Å². The highest BCUT2D eigenvalue weighted by Crippen LogP contribution is 2.28. The van der Waals surface area contributed by atoms with Crippen molar-refractivity contribution in [3.05, 3.63) is 40.6 Å². The second kappa shape index (κ2) is 7.37. The van der Waals surface area contributed by atoms with E-state index < -0.39 is 35.8 Å². The Bertz CT molecular complexity index is 705. The summed E-state index contributed by atoms with van der Waals surface area (Å²) in [6, 6.07) is 2.00. The quantitative estimate of drug-likeness (QED) is 0.636. The van der Waals surface area contributed by atoms with E-state index in [0.717, 1.165) is 24.1 Å². The first-order valence-corrected chi connectivity index (χ1v) is 7.00. The fourth-order valence-electron chi connectivity index (χ4n) is 2.33. The summed E-state index contributed by atoms with van der Waals surface area (Å²) in [6.07, 6.45) is 0. The highest BCUT2D eigenvalue weighted by molar-refractivity contribution is 6.08. The van der Waals surface area contributed by atoms with Crippen molar-refractivity contribution in [1.82, 2.24) is 4.90 Å². The van der Waals surface area contributed by atoms with Crippen molar-refractivity contribution in [3.8, 4) is 0 Å². The monoisotopic (exact) mass is 342 g/mol. The normalized spacial score (nSPS) is 14.4. The van der Waals surface area contributed by atoms with Crippen LogP contribution in [0, 0.1) is 11.6 Å². The molecule has 1 aromatic carbocycles. The van der Waals surface area contributed by atoms with Gasteiger partial charge in [-0.1, -0.05) is 6.07 Å². The highest BCUT2D eigenvalue weighted by Gasteiger charge is 2.35. The maximum atomic E-state index is 14.0. The van der Waals surface area contributed by atoms with Crippen LogP contribution < -0.4 is 5.32 Å². The molecule has 3 N–H and O–H groups in total. The molecule has 2 rings (SSSR count). The second-order valence-electron chi connectivity index (χ2n) is 4.97. The fraction of sp³-hybridized carbons (Fsp3) is 0.333. The maximum absolute atomic E-state index is 14.0. The Balaban J connectivity index is 2.46. The lowest BCUT2D eigenvalue weighted by Crippen LogP contribution is -2.31. The summed E-state index contributed by atoms with van der Waals surface area (Å²) in [4.78, 5) is 25.3. The number of anilines is 1. The van der Waals surface area contributed by atoms with Crippen LogP contribution in [0.2, 0.25) is 0 Å². The van der Waals surface area contributed by atoms with Crippen LogP contribution in [-0.4, -0.2) is 53.8 Å². The minimum atomic E-state index is -1.29. The largest absolute Gasteiger partial charge is 0.466 e. The third kappa shape index (κ3) is 3.22. The van der Waals surface area contributed by atoms with Gasteiger partial charge in [-0.15, -0.1) is 0 Å². The number of methoxy groups -OCH3 is 1. The van der Waals surface area contributed by atoms with Crippen LogP contribution in [0.15, 0.2) is 23.4 Å². The van der Waals surface area contributed by atoms with Crippen molar-refractivity contribution in [2.24, 2.45) is 0 Å². The van der Waals surface area contributed by atoms with Crippen molar-refractivity contribution >= 4 is 17.6 Å². The smallest absolute Gasteiger partial charge is 0.337 e. The van der Waals surface area contributed by atoms with E-state index >= 15 is 0 Å². The number of carbonyl (C=O) groups excluding carboxylic acids is 2. The van der Waals surface area contributed by atoms with Gasteiger partial charge in [0.25, 0.3) is 5.91 Å². The average Bonchev–Trinajstić information content (AvgIpc) is 2.88. The van der Waals surface area contributed by atoms with Gasteiger partial charge in [-0.3, -0.25) is 4.79 Å². The Morgan fingerprint density at radius 1 is 1.38 bits per heavy atom. The summed E-state index contributed by atoms with van der Waals surface area (Å²) in [5.74, 6) is -3.94. The maximum Gasteiger partial charge on any atom is 0.337 e. The topological polar surface area (TPSA) is 99.1 Å². The molecular formula is C15H16F2N2O5. The molecule has 0 spiro atoms. The van der Waals surface area contributed by atoms with Crippen LogP contribution in [0.1, 0.15) is 5.56 Å². The number of β-amino-alcohol motifs (C(OH)–C–C–N with tert-alkyl or cyclic N) is 1. The highest BCUT2D eigenvalue weighted by atomic mass is 19.2. The Labute approximate surface area is 136 Å². The number of benzene rings is 1. The van der Waals surface area contributed by atoms with Crippen molar-refractivity contribution in [1.29, 1.82) is 0 Å². The molecule has 130 valence electrons. The van der Waals surface area contributed by atoms with Gasteiger partial charge in [0.15, 0.2) is 11.6 Å². The number of esters is 1. The molecule has 7 nitrogen and oxygen atoms in total. The molecule has 0 aromatic heterocycles. The van der Waals surface area contributed by atoms with E-state index in [1.807, 2.05) is 0 Å². The Hall–Kier alpha value is -2.52. The summed E-state index contributed by atoms with van der Waals surface area (Å²) in [6.45, 7) is -1.11. The summed E-state index contributed by atoms with van der Waals surface area (Å²) in [7, 11) is 1.12. The summed E-state index contributed by atoms with van der Waals surface area (Å²) in [5, 5.41) is 20.6. The van der Waals surface area contributed by atoms with Crippen molar-refractivity contribution in [3.63, 3.8) is 0 Å². The van der Waals surface area contributed by atoms with E-state index in [1.165, 1.54) is 0 Å². The van der Waals surface area contributed by atoms with Crippen LogP contribution in [0.3, 0.4) is 0 Å². The fourth-order valence-corrected chi connectivity index (χ4v) is 2.33. The molecule has 9 heteroatoms. The van der Waals surface area contributed by atoms with Crippen LogP contribution in [0.4, 0.5) is 14.5 Å². The van der Waals surface area contributed by atoms with E-state index in [9.17, 15) is 23.5 Å². The molecule has 1 aliphatic rings. The summed E-state index contributed by atoms with van der Waals surface area (Å²) < 4.78 is 32.1. The van der Waals surface area contributed by atoms with Crippen molar-refractivity contribution in [2.45, 2.75) is 6.61 Å². The molecular weight excluding hydrogens is 326 g/mol. The zero-order valence-corrected chi connectivity index (χ0v) is 12.8. The van der Waals surface area contributed by atoms with Gasteiger partial charge in [-0.2, -0.15) is 0 Å². The Morgan fingerprint density at radius 2 is 2.08 bits per heavy atom. The van der Waals surface area contributed by atoms with Gasteiger partial charge >= 0.3 is 5.97 Å². The first kappa shape index (κ1) is 17.8. The molecule has 24 heavy (non-hydrogen) atoms. The molecule has 0 bridgehead atoms. The third-order valence-electron chi connectivity index (χ3n) is 3.56. The number of nitrogens with zero attached hydrogens (tertiary/aromatic N) is 1. The SMILES string of the molecule is COC(=O)C1=C(Nc2c(CO)ccc(F)c2F)C(=O)N(CCO)C1. The van der Waals surface area contributed by atoms with E-state index in [-0.39, 0.29) is 36.5 Å². The number of carbonyl (C=O) groups is 2. The number of halogens is 2. The molecule has 1 aromatic rings.